The molecule has 0 bridgehead atoms. The lowest BCUT2D eigenvalue weighted by atomic mass is 9.99. The Morgan fingerprint density at radius 2 is 2.36 bits per heavy atom. The quantitative estimate of drug-likeness (QED) is 0.780. The summed E-state index contributed by atoms with van der Waals surface area (Å²) in [4.78, 5) is 15.0. The topological polar surface area (TPSA) is 69.2 Å². The summed E-state index contributed by atoms with van der Waals surface area (Å²) in [5.41, 5.74) is 3.03. The van der Waals surface area contributed by atoms with Crippen molar-refractivity contribution in [1.82, 2.24) is 15.1 Å². The van der Waals surface area contributed by atoms with Gasteiger partial charge in [0.2, 0.25) is 0 Å². The molecule has 0 spiro atoms. The Kier molecular flexibility index (Phi) is 3.20. The lowest BCUT2D eigenvalue weighted by Gasteiger charge is -2.33. The molecule has 5 nitrogen and oxygen atoms in total. The maximum Gasteiger partial charge on any atom is 0.325 e. The van der Waals surface area contributed by atoms with Crippen molar-refractivity contribution in [3.05, 3.63) is 51.8 Å². The number of carboxylic acid groups (broad SMARTS) is 1. The molecule has 3 aromatic rings. The molecule has 0 saturated heterocycles. The number of hydrogen-bond donors (Lipinski definition) is 2. The van der Waals surface area contributed by atoms with E-state index in [9.17, 15) is 9.90 Å². The number of hydrogen-bond acceptors (Lipinski definition) is 4. The minimum Gasteiger partial charge on any atom is -0.480 e. The van der Waals surface area contributed by atoms with Crippen molar-refractivity contribution in [2.75, 3.05) is 6.54 Å². The number of aliphatic carboxylic acids is 1. The molecule has 0 radical (unpaired) electrons. The van der Waals surface area contributed by atoms with E-state index in [0.29, 0.717) is 6.54 Å². The van der Waals surface area contributed by atoms with Crippen LogP contribution in [0.25, 0.3) is 10.9 Å². The number of rotatable bonds is 3. The fourth-order valence-corrected chi connectivity index (χ4v) is 4.05. The van der Waals surface area contributed by atoms with Gasteiger partial charge in [-0.3, -0.25) is 14.8 Å². The smallest absolute Gasteiger partial charge is 0.325 e. The fraction of sp³-hybridized carbons (Fsp3) is 0.250. The van der Waals surface area contributed by atoms with Crippen molar-refractivity contribution in [3.8, 4) is 0 Å². The highest BCUT2D eigenvalue weighted by Gasteiger charge is 2.33. The number of nitrogens with zero attached hydrogens (tertiary/aromatic N) is 2. The summed E-state index contributed by atoms with van der Waals surface area (Å²) in [6, 6.07) is 7.50. The highest BCUT2D eigenvalue weighted by molar-refractivity contribution is 7.10. The first-order chi connectivity index (χ1) is 10.7. The van der Waals surface area contributed by atoms with E-state index in [4.69, 9.17) is 0 Å². The van der Waals surface area contributed by atoms with Gasteiger partial charge in [0, 0.05) is 23.4 Å². The third-order valence-corrected chi connectivity index (χ3v) is 5.19. The van der Waals surface area contributed by atoms with Gasteiger partial charge in [0.1, 0.15) is 6.04 Å². The highest BCUT2D eigenvalue weighted by Crippen LogP contribution is 2.34. The molecule has 1 aliphatic heterocycles. The van der Waals surface area contributed by atoms with Crippen molar-refractivity contribution in [2.45, 2.75) is 19.0 Å². The molecule has 0 amide bonds. The Morgan fingerprint density at radius 1 is 1.45 bits per heavy atom. The minimum atomic E-state index is -0.776. The second kappa shape index (κ2) is 5.23. The van der Waals surface area contributed by atoms with Crippen LogP contribution in [0.1, 0.15) is 22.0 Å². The first-order valence-electron chi connectivity index (χ1n) is 7.17. The zero-order valence-corrected chi connectivity index (χ0v) is 12.6. The normalized spacial score (nSPS) is 18.5. The summed E-state index contributed by atoms with van der Waals surface area (Å²) < 4.78 is 0. The monoisotopic (exact) mass is 313 g/mol. The van der Waals surface area contributed by atoms with Crippen LogP contribution in [-0.4, -0.2) is 32.7 Å². The van der Waals surface area contributed by atoms with Gasteiger partial charge in [-0.1, -0.05) is 12.1 Å². The van der Waals surface area contributed by atoms with Crippen molar-refractivity contribution >= 4 is 28.2 Å². The second-order valence-corrected chi connectivity index (χ2v) is 6.55. The molecule has 3 heterocycles. The highest BCUT2D eigenvalue weighted by atomic mass is 32.1. The van der Waals surface area contributed by atoms with Crippen LogP contribution in [0.15, 0.2) is 35.8 Å². The maximum absolute atomic E-state index is 11.7. The summed E-state index contributed by atoms with van der Waals surface area (Å²) in [6.45, 7) is 1.40. The third kappa shape index (κ3) is 2.20. The van der Waals surface area contributed by atoms with Gasteiger partial charge in [-0.15, -0.1) is 11.3 Å². The molecular formula is C16H15N3O2S. The Balaban J connectivity index is 1.65. The van der Waals surface area contributed by atoms with Gasteiger partial charge >= 0.3 is 5.97 Å². The first-order valence-corrected chi connectivity index (χ1v) is 8.05. The van der Waals surface area contributed by atoms with E-state index in [1.54, 1.807) is 17.5 Å². The minimum absolute atomic E-state index is 0.549. The molecule has 4 rings (SSSR count). The summed E-state index contributed by atoms with van der Waals surface area (Å²) in [5, 5.41) is 19.7. The van der Waals surface area contributed by atoms with E-state index in [1.807, 2.05) is 34.5 Å². The van der Waals surface area contributed by atoms with Crippen LogP contribution < -0.4 is 0 Å². The molecule has 1 unspecified atom stereocenters. The number of carbonyl (C=O) groups is 1. The lowest BCUT2D eigenvalue weighted by molar-refractivity contribution is -0.144. The predicted molar refractivity (Wildman–Crippen MR) is 84.9 cm³/mol. The molecule has 0 fully saturated rings. The van der Waals surface area contributed by atoms with E-state index in [2.05, 4.69) is 10.2 Å². The van der Waals surface area contributed by atoms with E-state index in [-0.39, 0.29) is 0 Å². The van der Waals surface area contributed by atoms with Crippen LogP contribution in [0.4, 0.5) is 0 Å². The molecule has 22 heavy (non-hydrogen) atoms. The number of nitrogens with one attached hydrogen (secondary N) is 1. The maximum atomic E-state index is 11.7. The van der Waals surface area contributed by atoms with E-state index in [0.717, 1.165) is 35.0 Å². The SMILES string of the molecule is O=C(O)C1c2ccsc2CCN1Cc1ccc2cn[nH]c2c1. The standard InChI is InChI=1S/C16H15N3O2S/c20-16(21)15-12-4-6-22-14(12)3-5-19(15)9-10-1-2-11-8-17-18-13(11)7-10/h1-2,4,6-8,15H,3,5,9H2,(H,17,18)(H,20,21). The van der Waals surface area contributed by atoms with E-state index >= 15 is 0 Å². The molecule has 0 aliphatic carbocycles. The molecule has 2 aromatic heterocycles. The van der Waals surface area contributed by atoms with Gasteiger partial charge in [-0.05, 0) is 35.1 Å². The molecule has 1 aliphatic rings. The molecule has 1 aromatic carbocycles. The van der Waals surface area contributed by atoms with Gasteiger partial charge in [0.05, 0.1) is 11.7 Å². The second-order valence-electron chi connectivity index (χ2n) is 5.55. The van der Waals surface area contributed by atoms with Crippen molar-refractivity contribution in [2.24, 2.45) is 0 Å². The van der Waals surface area contributed by atoms with Gasteiger partial charge in [-0.2, -0.15) is 5.10 Å². The summed E-state index contributed by atoms with van der Waals surface area (Å²) >= 11 is 1.65. The number of benzene rings is 1. The largest absolute Gasteiger partial charge is 0.480 e. The van der Waals surface area contributed by atoms with Crippen molar-refractivity contribution in [3.63, 3.8) is 0 Å². The summed E-state index contributed by atoms with van der Waals surface area (Å²) in [5.74, 6) is -0.776. The number of fused-ring (bicyclic) bond motifs is 2. The third-order valence-electron chi connectivity index (χ3n) is 4.19. The van der Waals surface area contributed by atoms with Crippen LogP contribution in [0, 0.1) is 0 Å². The fourth-order valence-electron chi connectivity index (χ4n) is 3.14. The lowest BCUT2D eigenvalue weighted by Crippen LogP contribution is -2.38. The Bertz CT molecular complexity index is 839. The Hall–Kier alpha value is -2.18. The van der Waals surface area contributed by atoms with Crippen LogP contribution in [-0.2, 0) is 17.8 Å². The van der Waals surface area contributed by atoms with Gasteiger partial charge < -0.3 is 5.11 Å². The number of aromatic nitrogens is 2. The van der Waals surface area contributed by atoms with E-state index in [1.165, 1.54) is 4.88 Å². The van der Waals surface area contributed by atoms with Crippen LogP contribution in [0.3, 0.4) is 0 Å². The number of carboxylic acids is 1. The van der Waals surface area contributed by atoms with Crippen LogP contribution in [0.5, 0.6) is 0 Å². The molecule has 0 saturated carbocycles. The van der Waals surface area contributed by atoms with Crippen molar-refractivity contribution in [1.29, 1.82) is 0 Å². The zero-order valence-electron chi connectivity index (χ0n) is 11.8. The Labute approximate surface area is 131 Å². The summed E-state index contributed by atoms with van der Waals surface area (Å²) in [6.07, 6.45) is 2.71. The first kappa shape index (κ1) is 13.5. The summed E-state index contributed by atoms with van der Waals surface area (Å²) in [7, 11) is 0. The predicted octanol–water partition coefficient (Wildman–Crippen LogP) is 2.81. The molecule has 2 N–H and O–H groups in total. The molecule has 112 valence electrons. The molecular weight excluding hydrogens is 298 g/mol. The number of aromatic amines is 1. The van der Waals surface area contributed by atoms with Gasteiger partial charge in [0.15, 0.2) is 0 Å². The zero-order chi connectivity index (χ0) is 15.1. The van der Waals surface area contributed by atoms with Gasteiger partial charge in [0.25, 0.3) is 0 Å². The van der Waals surface area contributed by atoms with Crippen molar-refractivity contribution < 1.29 is 9.90 Å². The van der Waals surface area contributed by atoms with Crippen LogP contribution in [0.2, 0.25) is 0 Å². The van der Waals surface area contributed by atoms with Gasteiger partial charge in [-0.25, -0.2) is 0 Å². The average molecular weight is 313 g/mol. The van der Waals surface area contributed by atoms with Crippen LogP contribution >= 0.6 is 11.3 Å². The molecule has 6 heteroatoms. The number of thiophene rings is 1. The number of H-pyrrole nitrogens is 1. The molecule has 1 atom stereocenters. The average Bonchev–Trinajstić information content (AvgIpc) is 3.14. The van der Waals surface area contributed by atoms with E-state index < -0.39 is 12.0 Å². The Morgan fingerprint density at radius 3 is 3.23 bits per heavy atom.